The molecular formula is C32H37N5O5. The Kier molecular flexibility index (Phi) is 9.45. The van der Waals surface area contributed by atoms with Crippen LogP contribution in [-0.4, -0.2) is 66.4 Å². The summed E-state index contributed by atoms with van der Waals surface area (Å²) in [5.74, 6) is 0.915. The first-order chi connectivity index (χ1) is 20.5. The molecule has 0 spiro atoms. The molecule has 2 aromatic heterocycles. The number of methoxy groups -OCH3 is 3. The summed E-state index contributed by atoms with van der Waals surface area (Å²) in [6.07, 6.45) is 3.85. The molecule has 0 atom stereocenters. The van der Waals surface area contributed by atoms with Crippen LogP contribution in [0, 0.1) is 5.92 Å². The molecule has 0 radical (unpaired) electrons. The third-order valence-corrected chi connectivity index (χ3v) is 7.82. The van der Waals surface area contributed by atoms with Crippen LogP contribution in [0.5, 0.6) is 11.5 Å². The van der Waals surface area contributed by atoms with Gasteiger partial charge in [-0.2, -0.15) is 0 Å². The van der Waals surface area contributed by atoms with Gasteiger partial charge < -0.3 is 19.5 Å². The number of esters is 1. The maximum atomic E-state index is 13.7. The summed E-state index contributed by atoms with van der Waals surface area (Å²) in [7, 11) is 4.38. The van der Waals surface area contributed by atoms with E-state index in [0.717, 1.165) is 39.0 Å². The number of nitrogens with zero attached hydrogens (tertiary/aromatic N) is 4. The molecular weight excluding hydrogens is 534 g/mol. The fourth-order valence-electron chi connectivity index (χ4n) is 5.46. The van der Waals surface area contributed by atoms with Crippen molar-refractivity contribution < 1.29 is 19.0 Å². The van der Waals surface area contributed by atoms with Crippen molar-refractivity contribution in [1.29, 1.82) is 0 Å². The number of carbonyl (C=O) groups is 1. The molecule has 2 aromatic carbocycles. The van der Waals surface area contributed by atoms with Crippen LogP contribution in [0.15, 0.2) is 65.6 Å². The zero-order chi connectivity index (χ0) is 29.5. The molecule has 10 nitrogen and oxygen atoms in total. The predicted octanol–water partition coefficient (Wildman–Crippen LogP) is 3.65. The zero-order valence-electron chi connectivity index (χ0n) is 24.3. The molecule has 3 heterocycles. The second-order valence-electron chi connectivity index (χ2n) is 10.5. The molecule has 0 aliphatic carbocycles. The summed E-state index contributed by atoms with van der Waals surface area (Å²) in [6, 6.07) is 17.5. The lowest BCUT2D eigenvalue weighted by atomic mass is 9.96. The van der Waals surface area contributed by atoms with E-state index in [1.165, 1.54) is 17.2 Å². The number of ether oxygens (including phenoxy) is 3. The van der Waals surface area contributed by atoms with Crippen molar-refractivity contribution >= 4 is 16.9 Å². The highest BCUT2D eigenvalue weighted by Gasteiger charge is 2.22. The van der Waals surface area contributed by atoms with Crippen LogP contribution in [0.3, 0.4) is 0 Å². The van der Waals surface area contributed by atoms with E-state index in [2.05, 4.69) is 44.5 Å². The fourth-order valence-corrected chi connectivity index (χ4v) is 5.46. The molecule has 0 amide bonds. The van der Waals surface area contributed by atoms with Crippen LogP contribution in [-0.2, 0) is 24.4 Å². The van der Waals surface area contributed by atoms with E-state index >= 15 is 0 Å². The van der Waals surface area contributed by atoms with E-state index in [4.69, 9.17) is 14.2 Å². The first-order valence-electron chi connectivity index (χ1n) is 14.1. The Labute approximate surface area is 245 Å². The number of aromatic nitrogens is 3. The van der Waals surface area contributed by atoms with Gasteiger partial charge in [-0.15, -0.1) is 0 Å². The number of pyridine rings is 1. The number of fused-ring (bicyclic) bond motifs is 1. The monoisotopic (exact) mass is 571 g/mol. The fraction of sp³-hybridized carbons (Fsp3) is 0.375. The first-order valence-corrected chi connectivity index (χ1v) is 14.1. The number of benzene rings is 2. The number of rotatable bonds is 11. The van der Waals surface area contributed by atoms with Gasteiger partial charge in [-0.1, -0.05) is 30.3 Å². The van der Waals surface area contributed by atoms with Crippen LogP contribution in [0.1, 0.15) is 40.3 Å². The lowest BCUT2D eigenvalue weighted by Crippen LogP contribution is -2.37. The van der Waals surface area contributed by atoms with Crippen LogP contribution < -0.4 is 20.3 Å². The summed E-state index contributed by atoms with van der Waals surface area (Å²) >= 11 is 0. The van der Waals surface area contributed by atoms with E-state index in [9.17, 15) is 9.59 Å². The maximum absolute atomic E-state index is 13.7. The Balaban J connectivity index is 1.31. The number of hydrogen-bond donors (Lipinski definition) is 1. The molecule has 42 heavy (non-hydrogen) atoms. The van der Waals surface area contributed by atoms with Crippen molar-refractivity contribution in [1.82, 2.24) is 24.8 Å². The smallest absolute Gasteiger partial charge is 0.374 e. The summed E-state index contributed by atoms with van der Waals surface area (Å²) in [5.41, 5.74) is 2.69. The van der Waals surface area contributed by atoms with E-state index in [-0.39, 0.29) is 17.9 Å². The SMILES string of the molecule is COC(=O)c1nc2c(CNCC3CCN(Cc4ccccc4)CC3)nccc2c(=O)n1Cc1ccc(OC)cc1OC. The molecule has 0 saturated carbocycles. The van der Waals surface area contributed by atoms with Crippen molar-refractivity contribution in [3.05, 3.63) is 93.8 Å². The van der Waals surface area contributed by atoms with Gasteiger partial charge in [0.05, 0.1) is 39.0 Å². The van der Waals surface area contributed by atoms with Crippen molar-refractivity contribution in [3.63, 3.8) is 0 Å². The molecule has 5 rings (SSSR count). The lowest BCUT2D eigenvalue weighted by molar-refractivity contribution is 0.0579. The number of carbonyl (C=O) groups excluding carboxylic acids is 1. The largest absolute Gasteiger partial charge is 0.497 e. The maximum Gasteiger partial charge on any atom is 0.374 e. The highest BCUT2D eigenvalue weighted by molar-refractivity contribution is 5.89. The van der Waals surface area contributed by atoms with Gasteiger partial charge in [-0.05, 0) is 62.2 Å². The average molecular weight is 572 g/mol. The van der Waals surface area contributed by atoms with Crippen molar-refractivity contribution in [2.24, 2.45) is 5.92 Å². The highest BCUT2D eigenvalue weighted by atomic mass is 16.5. The standard InChI is InChI=1S/C32H37N5O5/c1-40-25-10-9-24(28(17-25)41-2)21-37-30(32(39)42-3)35-29-26(31(37)38)11-14-34-27(29)19-33-18-22-12-15-36(16-13-22)20-23-7-5-4-6-8-23/h4-11,14,17,22,33H,12-13,15-16,18-21H2,1-3H3. The van der Waals surface area contributed by atoms with E-state index in [0.29, 0.717) is 46.1 Å². The van der Waals surface area contributed by atoms with Crippen LogP contribution >= 0.6 is 0 Å². The van der Waals surface area contributed by atoms with Crippen LogP contribution in [0.2, 0.25) is 0 Å². The molecule has 1 fully saturated rings. The van der Waals surface area contributed by atoms with Gasteiger partial charge in [-0.3, -0.25) is 19.2 Å². The van der Waals surface area contributed by atoms with Gasteiger partial charge in [-0.25, -0.2) is 9.78 Å². The molecule has 0 unspecified atom stereocenters. The molecule has 1 saturated heterocycles. The predicted molar refractivity (Wildman–Crippen MR) is 160 cm³/mol. The molecule has 1 N–H and O–H groups in total. The van der Waals surface area contributed by atoms with E-state index in [1.807, 2.05) is 6.07 Å². The third-order valence-electron chi connectivity index (χ3n) is 7.82. The topological polar surface area (TPSA) is 108 Å². The number of likely N-dealkylation sites (tertiary alicyclic amines) is 1. The molecule has 1 aliphatic rings. The number of piperidine rings is 1. The molecule has 0 bridgehead atoms. The van der Waals surface area contributed by atoms with Gasteiger partial charge in [0.15, 0.2) is 0 Å². The molecule has 4 aromatic rings. The minimum Gasteiger partial charge on any atom is -0.497 e. The third kappa shape index (κ3) is 6.61. The summed E-state index contributed by atoms with van der Waals surface area (Å²) in [5, 5.41) is 3.90. The van der Waals surface area contributed by atoms with E-state index in [1.54, 1.807) is 44.7 Å². The summed E-state index contributed by atoms with van der Waals surface area (Å²) in [4.78, 5) is 38.2. The Hall–Kier alpha value is -4.28. The number of hydrogen-bond acceptors (Lipinski definition) is 9. The Morgan fingerprint density at radius 3 is 2.50 bits per heavy atom. The van der Waals surface area contributed by atoms with Crippen LogP contribution in [0.25, 0.3) is 10.9 Å². The molecule has 220 valence electrons. The van der Waals surface area contributed by atoms with Crippen molar-refractivity contribution in [2.45, 2.75) is 32.5 Å². The minimum atomic E-state index is -0.702. The second-order valence-corrected chi connectivity index (χ2v) is 10.5. The average Bonchev–Trinajstić information content (AvgIpc) is 3.03. The normalized spacial score (nSPS) is 14.2. The minimum absolute atomic E-state index is 0.0677. The first kappa shape index (κ1) is 29.2. The Morgan fingerprint density at radius 2 is 1.79 bits per heavy atom. The van der Waals surface area contributed by atoms with Crippen molar-refractivity contribution in [3.8, 4) is 11.5 Å². The van der Waals surface area contributed by atoms with Crippen LogP contribution in [0.4, 0.5) is 0 Å². The van der Waals surface area contributed by atoms with Gasteiger partial charge in [0.1, 0.15) is 17.0 Å². The Morgan fingerprint density at radius 1 is 1.00 bits per heavy atom. The Bertz CT molecular complexity index is 1580. The van der Waals surface area contributed by atoms with Gasteiger partial charge in [0, 0.05) is 30.9 Å². The lowest BCUT2D eigenvalue weighted by Gasteiger charge is -2.32. The quantitative estimate of drug-likeness (QED) is 0.270. The second kappa shape index (κ2) is 13.6. The van der Waals surface area contributed by atoms with E-state index < -0.39 is 5.97 Å². The zero-order valence-corrected chi connectivity index (χ0v) is 24.3. The molecule has 10 heteroatoms. The summed E-state index contributed by atoms with van der Waals surface area (Å²) in [6.45, 7) is 4.46. The van der Waals surface area contributed by atoms with Gasteiger partial charge >= 0.3 is 5.97 Å². The van der Waals surface area contributed by atoms with Gasteiger partial charge in [0.2, 0.25) is 5.82 Å². The highest BCUT2D eigenvalue weighted by Crippen LogP contribution is 2.26. The number of nitrogens with one attached hydrogen (secondary N) is 1. The summed E-state index contributed by atoms with van der Waals surface area (Å²) < 4.78 is 17.1. The van der Waals surface area contributed by atoms with Crippen molar-refractivity contribution in [2.75, 3.05) is 41.0 Å². The molecule has 1 aliphatic heterocycles. The van der Waals surface area contributed by atoms with Gasteiger partial charge in [0.25, 0.3) is 5.56 Å².